The van der Waals surface area contributed by atoms with Crippen molar-refractivity contribution >= 4 is 17.6 Å². The number of rotatable bonds is 13. The zero-order valence-electron chi connectivity index (χ0n) is 18.3. The van der Waals surface area contributed by atoms with E-state index in [4.69, 9.17) is 24.6 Å². The van der Waals surface area contributed by atoms with Crippen LogP contribution in [0.4, 0.5) is 5.69 Å². The van der Waals surface area contributed by atoms with Crippen LogP contribution < -0.4 is 14.8 Å². The van der Waals surface area contributed by atoms with Crippen molar-refractivity contribution in [1.29, 1.82) is 5.26 Å². The summed E-state index contributed by atoms with van der Waals surface area (Å²) in [6.07, 6.45) is 1.13. The third-order valence-corrected chi connectivity index (χ3v) is 4.49. The van der Waals surface area contributed by atoms with Crippen molar-refractivity contribution in [1.82, 2.24) is 0 Å². The molecular formula is C24H28N2O6. The number of anilines is 1. The zero-order chi connectivity index (χ0) is 23.3. The number of nitrogens with one attached hydrogen (secondary N) is 1. The van der Waals surface area contributed by atoms with E-state index in [0.717, 1.165) is 0 Å². The second kappa shape index (κ2) is 12.8. The van der Waals surface area contributed by atoms with Gasteiger partial charge in [-0.3, -0.25) is 4.79 Å². The fourth-order valence-electron chi connectivity index (χ4n) is 3.00. The quantitative estimate of drug-likeness (QED) is 0.349. The lowest BCUT2D eigenvalue weighted by Gasteiger charge is -2.22. The minimum Gasteiger partial charge on any atom is -0.494 e. The van der Waals surface area contributed by atoms with Gasteiger partial charge in [-0.1, -0.05) is 0 Å². The summed E-state index contributed by atoms with van der Waals surface area (Å²) in [6.45, 7) is 4.57. The number of carbonyl (C=O) groups excluding carboxylic acids is 1. The van der Waals surface area contributed by atoms with Gasteiger partial charge in [0.15, 0.2) is 6.04 Å². The maximum Gasteiger partial charge on any atom is 0.333 e. The molecule has 0 aliphatic rings. The monoisotopic (exact) mass is 440 g/mol. The second-order valence-electron chi connectivity index (χ2n) is 6.85. The number of carboxylic acid groups (broad SMARTS) is 1. The van der Waals surface area contributed by atoms with Crippen molar-refractivity contribution in [2.45, 2.75) is 39.2 Å². The van der Waals surface area contributed by atoms with Crippen LogP contribution in [0.1, 0.15) is 50.3 Å². The van der Waals surface area contributed by atoms with Crippen LogP contribution in [0.15, 0.2) is 42.5 Å². The Kier molecular flexibility index (Phi) is 9.85. The predicted molar refractivity (Wildman–Crippen MR) is 119 cm³/mol. The highest BCUT2D eigenvalue weighted by Crippen LogP contribution is 2.33. The number of hydrogen-bond donors (Lipinski definition) is 2. The van der Waals surface area contributed by atoms with E-state index in [1.54, 1.807) is 49.4 Å². The molecule has 0 bridgehead atoms. The van der Waals surface area contributed by atoms with E-state index in [1.165, 1.54) is 0 Å². The minimum absolute atomic E-state index is 0.0746. The summed E-state index contributed by atoms with van der Waals surface area (Å²) in [5.41, 5.74) is 1.68. The van der Waals surface area contributed by atoms with Crippen LogP contribution in [-0.2, 0) is 14.3 Å². The Morgan fingerprint density at radius 3 is 2.44 bits per heavy atom. The van der Waals surface area contributed by atoms with Crippen LogP contribution in [0.3, 0.4) is 0 Å². The number of carboxylic acids is 1. The van der Waals surface area contributed by atoms with Crippen molar-refractivity contribution in [2.75, 3.05) is 25.1 Å². The molecule has 1 unspecified atom stereocenters. The van der Waals surface area contributed by atoms with E-state index in [9.17, 15) is 9.59 Å². The van der Waals surface area contributed by atoms with Crippen LogP contribution in [0.2, 0.25) is 0 Å². The Morgan fingerprint density at radius 2 is 1.81 bits per heavy atom. The highest BCUT2D eigenvalue weighted by Gasteiger charge is 2.26. The number of benzene rings is 2. The highest BCUT2D eigenvalue weighted by atomic mass is 16.5. The number of carbonyl (C=O) groups is 2. The molecule has 0 heterocycles. The normalized spacial score (nSPS) is 11.2. The molecule has 0 spiro atoms. The first-order chi connectivity index (χ1) is 15.5. The van der Waals surface area contributed by atoms with Crippen LogP contribution in [-0.4, -0.2) is 36.9 Å². The van der Waals surface area contributed by atoms with Gasteiger partial charge < -0.3 is 24.6 Å². The Bertz CT molecular complexity index is 936. The summed E-state index contributed by atoms with van der Waals surface area (Å²) in [5.74, 6) is -0.276. The van der Waals surface area contributed by atoms with Crippen molar-refractivity contribution in [3.8, 4) is 17.6 Å². The summed E-state index contributed by atoms with van der Waals surface area (Å²) in [7, 11) is 0. The Labute approximate surface area is 187 Å². The molecule has 0 aliphatic heterocycles. The molecule has 0 radical (unpaired) electrons. The molecular weight excluding hydrogens is 412 g/mol. The molecule has 0 fully saturated rings. The van der Waals surface area contributed by atoms with Crippen molar-refractivity contribution in [3.05, 3.63) is 53.6 Å². The fourth-order valence-corrected chi connectivity index (χ4v) is 3.00. The zero-order valence-corrected chi connectivity index (χ0v) is 18.3. The molecule has 0 saturated heterocycles. The molecule has 0 saturated carbocycles. The van der Waals surface area contributed by atoms with Crippen molar-refractivity contribution in [3.63, 3.8) is 0 Å². The Hall–Kier alpha value is -3.73. The lowest BCUT2D eigenvalue weighted by molar-refractivity contribution is -0.144. The van der Waals surface area contributed by atoms with E-state index in [1.807, 2.05) is 6.92 Å². The number of esters is 1. The van der Waals surface area contributed by atoms with Crippen LogP contribution in [0.25, 0.3) is 0 Å². The molecule has 8 nitrogen and oxygen atoms in total. The summed E-state index contributed by atoms with van der Waals surface area (Å²) in [5, 5.41) is 20.9. The number of nitriles is 1. The first-order valence-corrected chi connectivity index (χ1v) is 10.5. The number of nitrogens with zero attached hydrogens (tertiary/aromatic N) is 1. The molecule has 32 heavy (non-hydrogen) atoms. The van der Waals surface area contributed by atoms with Gasteiger partial charge in [0, 0.05) is 17.7 Å². The van der Waals surface area contributed by atoms with E-state index in [0.29, 0.717) is 54.4 Å². The number of aliphatic carboxylic acids is 1. The standard InChI is InChI=1S/C24H28N2O6/c1-3-30-19-12-13-21(32-14-6-5-7-22(27)28)20(15-19)23(24(29)31-4-2)26-18-10-8-17(16-25)9-11-18/h8-13,15,23,26H,3-7,14H2,1-2H3,(H,27,28). The summed E-state index contributed by atoms with van der Waals surface area (Å²) in [6, 6.07) is 13.1. The molecule has 170 valence electrons. The molecule has 0 aromatic heterocycles. The van der Waals surface area contributed by atoms with Gasteiger partial charge in [-0.05, 0) is 69.2 Å². The van der Waals surface area contributed by atoms with E-state index < -0.39 is 18.0 Å². The summed E-state index contributed by atoms with van der Waals surface area (Å²) in [4.78, 5) is 23.5. The fraction of sp³-hybridized carbons (Fsp3) is 0.375. The Balaban J connectivity index is 2.32. The van der Waals surface area contributed by atoms with Crippen molar-refractivity contribution in [2.24, 2.45) is 0 Å². The van der Waals surface area contributed by atoms with Gasteiger partial charge in [0.05, 0.1) is 31.5 Å². The molecule has 0 amide bonds. The molecule has 2 N–H and O–H groups in total. The smallest absolute Gasteiger partial charge is 0.333 e. The van der Waals surface area contributed by atoms with E-state index in [-0.39, 0.29) is 13.0 Å². The second-order valence-corrected chi connectivity index (χ2v) is 6.85. The molecule has 2 aromatic rings. The van der Waals surface area contributed by atoms with Crippen LogP contribution >= 0.6 is 0 Å². The molecule has 0 aliphatic carbocycles. The number of hydrogen-bond acceptors (Lipinski definition) is 7. The van der Waals surface area contributed by atoms with Gasteiger partial charge in [0.25, 0.3) is 0 Å². The molecule has 1 atom stereocenters. The Morgan fingerprint density at radius 1 is 1.06 bits per heavy atom. The van der Waals surface area contributed by atoms with E-state index in [2.05, 4.69) is 11.4 Å². The van der Waals surface area contributed by atoms with Gasteiger partial charge in [0.1, 0.15) is 11.5 Å². The lowest BCUT2D eigenvalue weighted by Crippen LogP contribution is -2.24. The van der Waals surface area contributed by atoms with Gasteiger partial charge >= 0.3 is 11.9 Å². The third-order valence-electron chi connectivity index (χ3n) is 4.49. The van der Waals surface area contributed by atoms with Gasteiger partial charge in [-0.25, -0.2) is 4.79 Å². The topological polar surface area (TPSA) is 118 Å². The summed E-state index contributed by atoms with van der Waals surface area (Å²) >= 11 is 0. The highest BCUT2D eigenvalue weighted by molar-refractivity contribution is 5.82. The van der Waals surface area contributed by atoms with Gasteiger partial charge in [-0.2, -0.15) is 5.26 Å². The summed E-state index contributed by atoms with van der Waals surface area (Å²) < 4.78 is 16.8. The maximum absolute atomic E-state index is 12.8. The SMILES string of the molecule is CCOC(=O)C(Nc1ccc(C#N)cc1)c1cc(OCC)ccc1OCCCCC(=O)O. The number of unbranched alkanes of at least 4 members (excludes halogenated alkanes) is 1. The lowest BCUT2D eigenvalue weighted by atomic mass is 10.0. The minimum atomic E-state index is -0.877. The third kappa shape index (κ3) is 7.51. The van der Waals surface area contributed by atoms with Crippen LogP contribution in [0.5, 0.6) is 11.5 Å². The van der Waals surface area contributed by atoms with Crippen LogP contribution in [0, 0.1) is 11.3 Å². The average Bonchev–Trinajstić information content (AvgIpc) is 2.78. The molecule has 2 rings (SSSR count). The van der Waals surface area contributed by atoms with Crippen molar-refractivity contribution < 1.29 is 28.9 Å². The predicted octanol–water partition coefficient (Wildman–Crippen LogP) is 4.31. The first kappa shape index (κ1) is 24.5. The van der Waals surface area contributed by atoms with Gasteiger partial charge in [0.2, 0.25) is 0 Å². The molecule has 8 heteroatoms. The first-order valence-electron chi connectivity index (χ1n) is 10.5. The number of ether oxygens (including phenoxy) is 3. The average molecular weight is 440 g/mol. The largest absolute Gasteiger partial charge is 0.494 e. The van der Waals surface area contributed by atoms with E-state index >= 15 is 0 Å². The van der Waals surface area contributed by atoms with Gasteiger partial charge in [-0.15, -0.1) is 0 Å². The molecule has 2 aromatic carbocycles. The maximum atomic E-state index is 12.8.